The van der Waals surface area contributed by atoms with Crippen LogP contribution in [0.1, 0.15) is 29.5 Å². The first-order valence-corrected chi connectivity index (χ1v) is 9.94. The van der Waals surface area contributed by atoms with Gasteiger partial charge in [0.15, 0.2) is 0 Å². The number of amides is 1. The van der Waals surface area contributed by atoms with Crippen molar-refractivity contribution in [2.45, 2.75) is 44.1 Å². The molecule has 2 aliphatic rings. The first kappa shape index (κ1) is 19.7. The first-order valence-electron chi connectivity index (χ1n) is 9.94. The molecule has 154 valence electrons. The molecular formula is C23H27NO5. The van der Waals surface area contributed by atoms with Gasteiger partial charge in [-0.25, -0.2) is 4.79 Å². The number of aliphatic hydroxyl groups is 1. The number of ether oxygens (including phenoxy) is 3. The summed E-state index contributed by atoms with van der Waals surface area (Å²) in [5.74, 6) is 0.752. The van der Waals surface area contributed by atoms with Crippen molar-refractivity contribution in [2.75, 3.05) is 20.3 Å². The average Bonchev–Trinajstić information content (AvgIpc) is 2.72. The molecule has 2 aromatic rings. The van der Waals surface area contributed by atoms with Crippen molar-refractivity contribution in [2.24, 2.45) is 0 Å². The fourth-order valence-corrected chi connectivity index (χ4v) is 4.41. The van der Waals surface area contributed by atoms with Gasteiger partial charge in [-0.05, 0) is 29.7 Å². The highest BCUT2D eigenvalue weighted by molar-refractivity contribution is 5.69. The van der Waals surface area contributed by atoms with Crippen LogP contribution < -0.4 is 4.74 Å². The number of fused-ring (bicyclic) bond motifs is 2. The fraction of sp³-hybridized carbons (Fsp3) is 0.435. The van der Waals surface area contributed by atoms with Gasteiger partial charge < -0.3 is 19.3 Å². The molecule has 0 saturated carbocycles. The van der Waals surface area contributed by atoms with E-state index in [-0.39, 0.29) is 24.8 Å². The number of hydrogen-bond acceptors (Lipinski definition) is 5. The molecule has 2 saturated heterocycles. The molecule has 2 unspecified atom stereocenters. The summed E-state index contributed by atoms with van der Waals surface area (Å²) in [5, 5.41) is 11.5. The Hall–Kier alpha value is -2.57. The topological polar surface area (TPSA) is 68.2 Å². The zero-order valence-electron chi connectivity index (χ0n) is 16.8. The van der Waals surface area contributed by atoms with Crippen LogP contribution in [0.3, 0.4) is 0 Å². The van der Waals surface area contributed by atoms with Gasteiger partial charge in [-0.1, -0.05) is 42.5 Å². The zero-order chi connectivity index (χ0) is 20.4. The summed E-state index contributed by atoms with van der Waals surface area (Å²) in [6.45, 7) is 2.99. The number of morpholine rings is 1. The van der Waals surface area contributed by atoms with Crippen LogP contribution in [-0.4, -0.2) is 48.5 Å². The summed E-state index contributed by atoms with van der Waals surface area (Å²) < 4.78 is 16.7. The van der Waals surface area contributed by atoms with Crippen LogP contribution in [0.4, 0.5) is 4.79 Å². The van der Waals surface area contributed by atoms with E-state index in [2.05, 4.69) is 0 Å². The molecule has 2 bridgehead atoms. The lowest BCUT2D eigenvalue weighted by atomic mass is 9.77. The molecule has 6 nitrogen and oxygen atoms in total. The van der Waals surface area contributed by atoms with Gasteiger partial charge in [-0.3, -0.25) is 4.90 Å². The average molecular weight is 397 g/mol. The van der Waals surface area contributed by atoms with E-state index in [0.717, 1.165) is 22.4 Å². The predicted molar refractivity (Wildman–Crippen MR) is 108 cm³/mol. The maximum atomic E-state index is 12.8. The second-order valence-corrected chi connectivity index (χ2v) is 7.92. The maximum absolute atomic E-state index is 12.8. The van der Waals surface area contributed by atoms with Crippen LogP contribution in [0.2, 0.25) is 0 Å². The molecule has 1 amide bonds. The maximum Gasteiger partial charge on any atom is 0.410 e. The summed E-state index contributed by atoms with van der Waals surface area (Å²) in [7, 11) is 1.63. The number of carbonyl (C=O) groups is 1. The van der Waals surface area contributed by atoms with Crippen molar-refractivity contribution in [1.29, 1.82) is 0 Å². The van der Waals surface area contributed by atoms with Gasteiger partial charge in [0.25, 0.3) is 0 Å². The summed E-state index contributed by atoms with van der Waals surface area (Å²) in [6, 6.07) is 15.0. The standard InChI is InChI=1S/C23H27NO5/c1-16-8-9-18(10-21(16)27-2)23(26)11-19-14-28-15-20(12-23)24(19)22(25)29-13-17-6-4-3-5-7-17/h3-10,19-20,26H,11-15H2,1-2H3. The first-order chi connectivity index (χ1) is 14.0. The summed E-state index contributed by atoms with van der Waals surface area (Å²) >= 11 is 0. The lowest BCUT2D eigenvalue weighted by molar-refractivity contribution is -0.137. The van der Waals surface area contributed by atoms with Crippen LogP contribution in [0.15, 0.2) is 48.5 Å². The van der Waals surface area contributed by atoms with Crippen LogP contribution in [0, 0.1) is 6.92 Å². The molecule has 4 rings (SSSR count). The van der Waals surface area contributed by atoms with Crippen LogP contribution in [0.5, 0.6) is 5.75 Å². The Kier molecular flexibility index (Phi) is 5.48. The van der Waals surface area contributed by atoms with Crippen molar-refractivity contribution in [1.82, 2.24) is 4.90 Å². The number of hydrogen-bond donors (Lipinski definition) is 1. The van der Waals surface area contributed by atoms with E-state index in [9.17, 15) is 9.90 Å². The van der Waals surface area contributed by atoms with E-state index in [4.69, 9.17) is 14.2 Å². The SMILES string of the molecule is COc1cc(C2(O)CC3COCC(C2)N3C(=O)OCc2ccccc2)ccc1C. The Balaban J connectivity index is 1.50. The van der Waals surface area contributed by atoms with Crippen molar-refractivity contribution >= 4 is 6.09 Å². The Bertz CT molecular complexity index is 855. The van der Waals surface area contributed by atoms with Crippen molar-refractivity contribution in [3.8, 4) is 5.75 Å². The van der Waals surface area contributed by atoms with Crippen LogP contribution in [-0.2, 0) is 21.7 Å². The molecule has 0 aliphatic carbocycles. The fourth-order valence-electron chi connectivity index (χ4n) is 4.41. The smallest absolute Gasteiger partial charge is 0.410 e. The summed E-state index contributed by atoms with van der Waals surface area (Å²) in [6.07, 6.45) is 0.447. The van der Waals surface area contributed by atoms with E-state index < -0.39 is 5.60 Å². The number of rotatable bonds is 4. The molecular weight excluding hydrogens is 370 g/mol. The van der Waals surface area contributed by atoms with E-state index >= 15 is 0 Å². The molecule has 0 radical (unpaired) electrons. The zero-order valence-corrected chi connectivity index (χ0v) is 16.8. The number of aryl methyl sites for hydroxylation is 1. The van der Waals surface area contributed by atoms with Crippen molar-refractivity contribution in [3.63, 3.8) is 0 Å². The van der Waals surface area contributed by atoms with Crippen LogP contribution in [0.25, 0.3) is 0 Å². The van der Waals surface area contributed by atoms with Gasteiger partial charge >= 0.3 is 6.09 Å². The highest BCUT2D eigenvalue weighted by Gasteiger charge is 2.49. The number of carbonyl (C=O) groups excluding carboxylic acids is 1. The van der Waals surface area contributed by atoms with E-state index in [1.165, 1.54) is 0 Å². The third-order valence-electron chi connectivity index (χ3n) is 5.92. The molecule has 2 atom stereocenters. The summed E-state index contributed by atoms with van der Waals surface area (Å²) in [4.78, 5) is 14.6. The van der Waals surface area contributed by atoms with Crippen LogP contribution >= 0.6 is 0 Å². The molecule has 0 aromatic heterocycles. The second kappa shape index (κ2) is 8.05. The van der Waals surface area contributed by atoms with Gasteiger partial charge in [-0.15, -0.1) is 0 Å². The third kappa shape index (κ3) is 3.95. The Morgan fingerprint density at radius 3 is 2.52 bits per heavy atom. The Morgan fingerprint density at radius 1 is 1.17 bits per heavy atom. The highest BCUT2D eigenvalue weighted by atomic mass is 16.6. The predicted octanol–water partition coefficient (Wildman–Crippen LogP) is 3.39. The van der Waals surface area contributed by atoms with E-state index in [0.29, 0.717) is 26.1 Å². The Morgan fingerprint density at radius 2 is 1.86 bits per heavy atom. The molecule has 29 heavy (non-hydrogen) atoms. The normalized spacial score (nSPS) is 26.1. The molecule has 2 fully saturated rings. The molecule has 2 heterocycles. The lowest BCUT2D eigenvalue weighted by Gasteiger charge is -2.51. The highest BCUT2D eigenvalue weighted by Crippen LogP contribution is 2.42. The van der Waals surface area contributed by atoms with Gasteiger partial charge in [0, 0.05) is 12.8 Å². The monoisotopic (exact) mass is 397 g/mol. The number of benzene rings is 2. The van der Waals surface area contributed by atoms with Gasteiger partial charge in [0.2, 0.25) is 0 Å². The van der Waals surface area contributed by atoms with Gasteiger partial charge in [-0.2, -0.15) is 0 Å². The van der Waals surface area contributed by atoms with Crippen molar-refractivity contribution in [3.05, 3.63) is 65.2 Å². The van der Waals surface area contributed by atoms with E-state index in [1.807, 2.05) is 55.5 Å². The summed E-state index contributed by atoms with van der Waals surface area (Å²) in [5.41, 5.74) is 1.75. The third-order valence-corrected chi connectivity index (χ3v) is 5.92. The molecule has 6 heteroatoms. The van der Waals surface area contributed by atoms with Gasteiger partial charge in [0.05, 0.1) is 38.0 Å². The number of methoxy groups -OCH3 is 1. The molecule has 0 spiro atoms. The molecule has 1 N–H and O–H groups in total. The molecule has 2 aromatic carbocycles. The quantitative estimate of drug-likeness (QED) is 0.857. The number of piperidine rings is 1. The Labute approximate surface area is 171 Å². The minimum atomic E-state index is -1.03. The minimum Gasteiger partial charge on any atom is -0.496 e. The molecule has 2 aliphatic heterocycles. The largest absolute Gasteiger partial charge is 0.496 e. The van der Waals surface area contributed by atoms with E-state index in [1.54, 1.807) is 12.0 Å². The second-order valence-electron chi connectivity index (χ2n) is 7.92. The van der Waals surface area contributed by atoms with Gasteiger partial charge in [0.1, 0.15) is 12.4 Å². The lowest BCUT2D eigenvalue weighted by Crippen LogP contribution is -2.62. The number of nitrogens with zero attached hydrogens (tertiary/aromatic N) is 1. The minimum absolute atomic E-state index is 0.232. The van der Waals surface area contributed by atoms with Crippen molar-refractivity contribution < 1.29 is 24.1 Å².